The summed E-state index contributed by atoms with van der Waals surface area (Å²) in [6, 6.07) is 7.67. The fourth-order valence-corrected chi connectivity index (χ4v) is 5.10. The van der Waals surface area contributed by atoms with Gasteiger partial charge in [-0.25, -0.2) is 25.0 Å². The number of hydrogen-bond donors (Lipinski definition) is 1. The van der Waals surface area contributed by atoms with Crippen molar-refractivity contribution in [1.29, 1.82) is 0 Å². The number of aryl methyl sites for hydroxylation is 1. The summed E-state index contributed by atoms with van der Waals surface area (Å²) >= 11 is 0. The van der Waals surface area contributed by atoms with Crippen LogP contribution in [0.2, 0.25) is 0 Å². The molecular formula is C29H34N8O6. The number of nitrogens with zero attached hydrogens (tertiary/aromatic N) is 7. The molecule has 3 aromatic rings. The molecule has 1 aromatic carbocycles. The number of hydrogen-bond acceptors (Lipinski definition) is 9. The summed E-state index contributed by atoms with van der Waals surface area (Å²) < 4.78 is 7.28. The lowest BCUT2D eigenvalue weighted by Crippen LogP contribution is -2.58. The molecule has 2 saturated heterocycles. The molecule has 226 valence electrons. The summed E-state index contributed by atoms with van der Waals surface area (Å²) in [5, 5.41) is 4.79. The Morgan fingerprint density at radius 3 is 2.56 bits per heavy atom. The molecule has 43 heavy (non-hydrogen) atoms. The maximum atomic E-state index is 13.8. The Morgan fingerprint density at radius 2 is 1.86 bits per heavy atom. The van der Waals surface area contributed by atoms with Crippen molar-refractivity contribution in [2.45, 2.75) is 45.8 Å². The van der Waals surface area contributed by atoms with E-state index in [1.807, 2.05) is 37.5 Å². The Labute approximate surface area is 248 Å². The predicted octanol–water partition coefficient (Wildman–Crippen LogP) is 2.96. The number of ether oxygens (including phenoxy) is 1. The number of anilines is 1. The summed E-state index contributed by atoms with van der Waals surface area (Å²) in [5.41, 5.74) is 4.14. The highest BCUT2D eigenvalue weighted by molar-refractivity contribution is 6.36. The van der Waals surface area contributed by atoms with Crippen molar-refractivity contribution in [3.8, 4) is 22.5 Å². The minimum absolute atomic E-state index is 0.0162. The lowest BCUT2D eigenvalue weighted by atomic mass is 9.89. The van der Waals surface area contributed by atoms with E-state index in [1.54, 1.807) is 44.6 Å². The van der Waals surface area contributed by atoms with E-state index in [2.05, 4.69) is 15.5 Å². The van der Waals surface area contributed by atoms with Gasteiger partial charge in [0.05, 0.1) is 18.8 Å². The van der Waals surface area contributed by atoms with Crippen LogP contribution in [0.15, 0.2) is 48.9 Å². The number of nitrogens with one attached hydrogen (secondary N) is 1. The number of likely N-dealkylation sites (tertiary alicyclic amines) is 1. The molecule has 14 heteroatoms. The highest BCUT2D eigenvalue weighted by atomic mass is 16.7. The fraction of sp³-hybridized carbons (Fsp3) is 0.414. The number of Topliss-reactive ketones (excluding diaryl/α,β-unsaturated/α-hetero) is 1. The molecule has 4 amide bonds. The number of ketones is 1. The predicted molar refractivity (Wildman–Crippen MR) is 154 cm³/mol. The van der Waals surface area contributed by atoms with Gasteiger partial charge >= 0.3 is 18.0 Å². The first-order chi connectivity index (χ1) is 20.4. The van der Waals surface area contributed by atoms with Gasteiger partial charge in [0, 0.05) is 49.6 Å². The van der Waals surface area contributed by atoms with E-state index < -0.39 is 41.4 Å². The van der Waals surface area contributed by atoms with Crippen LogP contribution in [-0.4, -0.2) is 85.0 Å². The van der Waals surface area contributed by atoms with Crippen LogP contribution in [0.3, 0.4) is 0 Å². The Hall–Kier alpha value is -4.85. The van der Waals surface area contributed by atoms with Gasteiger partial charge in [-0.1, -0.05) is 18.2 Å². The van der Waals surface area contributed by atoms with Crippen molar-refractivity contribution in [1.82, 2.24) is 35.2 Å². The summed E-state index contributed by atoms with van der Waals surface area (Å²) in [5.74, 6) is -2.18. The Bertz CT molecular complexity index is 1550. The van der Waals surface area contributed by atoms with Crippen molar-refractivity contribution < 1.29 is 28.8 Å². The third kappa shape index (κ3) is 6.48. The summed E-state index contributed by atoms with van der Waals surface area (Å²) in [6.45, 7) is 6.84. The number of hydroxylamine groups is 1. The standard InChI is InChI=1S/C29H34N8O6/c1-6-42-37-26(39)24(38)20-13-22(17-35(16-20)28(41)43-29(2,3)4)36(27(40)33-37)23-10-11-30-25(32-23)19-9-7-8-18(12-19)21-14-31-34(5)15-21/h7-12,14-15,20,22H,6,13,16-17H2,1-5H3,(H,33,40). The molecule has 2 unspecified atom stereocenters. The molecule has 2 fully saturated rings. The van der Waals surface area contributed by atoms with Crippen LogP contribution in [0.1, 0.15) is 34.1 Å². The molecule has 2 aliphatic rings. The van der Waals surface area contributed by atoms with Crippen molar-refractivity contribution in [2.75, 3.05) is 24.6 Å². The normalized spacial score (nSPS) is 19.5. The van der Waals surface area contributed by atoms with Gasteiger partial charge in [-0.3, -0.25) is 24.0 Å². The second-order valence-electron chi connectivity index (χ2n) is 11.4. The zero-order chi connectivity index (χ0) is 30.9. The summed E-state index contributed by atoms with van der Waals surface area (Å²) in [7, 11) is 1.84. The van der Waals surface area contributed by atoms with Crippen LogP contribution in [0.4, 0.5) is 15.4 Å². The number of amides is 4. The largest absolute Gasteiger partial charge is 0.444 e. The van der Waals surface area contributed by atoms with Gasteiger partial charge in [0.15, 0.2) is 5.82 Å². The first-order valence-electron chi connectivity index (χ1n) is 13.9. The Morgan fingerprint density at radius 1 is 1.09 bits per heavy atom. The summed E-state index contributed by atoms with van der Waals surface area (Å²) in [4.78, 5) is 70.4. The van der Waals surface area contributed by atoms with Crippen LogP contribution in [0.25, 0.3) is 22.5 Å². The number of carbonyl (C=O) groups excluding carboxylic acids is 4. The number of piperidine rings is 1. The number of carbonyl (C=O) groups is 4. The molecule has 1 N–H and O–H groups in total. The highest BCUT2D eigenvalue weighted by Crippen LogP contribution is 2.30. The minimum Gasteiger partial charge on any atom is -0.444 e. The van der Waals surface area contributed by atoms with E-state index in [0.717, 1.165) is 11.1 Å². The Balaban J connectivity index is 1.54. The number of rotatable bonds is 5. The highest BCUT2D eigenvalue weighted by Gasteiger charge is 2.45. The summed E-state index contributed by atoms with van der Waals surface area (Å²) in [6.07, 6.45) is 4.64. The number of benzene rings is 1. The quantitative estimate of drug-likeness (QED) is 0.442. The SMILES string of the molecule is CCON1NC(=O)N(c2ccnc(-c3cccc(-c4cnn(C)c4)c3)n2)C2CC(CN(C(=O)OC(C)(C)C)C2)C(=O)C1=O. The molecule has 2 bridgehead atoms. The van der Waals surface area contributed by atoms with E-state index in [-0.39, 0.29) is 31.9 Å². The van der Waals surface area contributed by atoms with Gasteiger partial charge in [0.2, 0.25) is 5.78 Å². The smallest absolute Gasteiger partial charge is 0.410 e. The topological polar surface area (TPSA) is 152 Å². The number of hydrazine groups is 1. The second-order valence-corrected chi connectivity index (χ2v) is 11.4. The van der Waals surface area contributed by atoms with Gasteiger partial charge < -0.3 is 9.64 Å². The molecule has 4 heterocycles. The van der Waals surface area contributed by atoms with E-state index in [4.69, 9.17) is 14.6 Å². The monoisotopic (exact) mass is 590 g/mol. The molecule has 0 saturated carbocycles. The van der Waals surface area contributed by atoms with Gasteiger partial charge in [-0.2, -0.15) is 5.10 Å². The van der Waals surface area contributed by atoms with E-state index in [1.165, 1.54) is 16.0 Å². The van der Waals surface area contributed by atoms with Gasteiger partial charge in [0.25, 0.3) is 0 Å². The average Bonchev–Trinajstić information content (AvgIpc) is 3.42. The second kappa shape index (κ2) is 11.8. The molecule has 14 nitrogen and oxygen atoms in total. The van der Waals surface area contributed by atoms with E-state index >= 15 is 0 Å². The number of aromatic nitrogens is 4. The van der Waals surface area contributed by atoms with Crippen molar-refractivity contribution in [3.05, 3.63) is 48.9 Å². The van der Waals surface area contributed by atoms with Gasteiger partial charge in [-0.05, 0) is 51.8 Å². The van der Waals surface area contributed by atoms with Gasteiger partial charge in [-0.15, -0.1) is 5.17 Å². The van der Waals surface area contributed by atoms with Crippen LogP contribution >= 0.6 is 0 Å². The third-order valence-electron chi connectivity index (χ3n) is 6.93. The van der Waals surface area contributed by atoms with Crippen molar-refractivity contribution in [3.63, 3.8) is 0 Å². The lowest BCUT2D eigenvalue weighted by molar-refractivity contribution is -0.198. The van der Waals surface area contributed by atoms with E-state index in [0.29, 0.717) is 16.6 Å². The minimum atomic E-state index is -1.04. The van der Waals surface area contributed by atoms with Crippen LogP contribution in [0.5, 0.6) is 0 Å². The third-order valence-corrected chi connectivity index (χ3v) is 6.93. The molecule has 0 spiro atoms. The number of urea groups is 1. The molecule has 2 aliphatic heterocycles. The average molecular weight is 591 g/mol. The molecule has 2 aromatic heterocycles. The molecular weight excluding hydrogens is 556 g/mol. The fourth-order valence-electron chi connectivity index (χ4n) is 5.10. The van der Waals surface area contributed by atoms with Crippen molar-refractivity contribution >= 4 is 29.6 Å². The molecule has 0 aliphatic carbocycles. The molecule has 0 radical (unpaired) electrons. The molecule has 5 rings (SSSR count). The zero-order valence-corrected chi connectivity index (χ0v) is 24.7. The van der Waals surface area contributed by atoms with Crippen LogP contribution in [0, 0.1) is 5.92 Å². The lowest BCUT2D eigenvalue weighted by Gasteiger charge is -2.40. The van der Waals surface area contributed by atoms with Crippen molar-refractivity contribution in [2.24, 2.45) is 13.0 Å². The number of fused-ring (bicyclic) bond motifs is 2. The molecule has 2 atom stereocenters. The Kier molecular flexibility index (Phi) is 8.13. The maximum Gasteiger partial charge on any atom is 0.410 e. The van der Waals surface area contributed by atoms with Crippen LogP contribution < -0.4 is 10.3 Å². The first kappa shape index (κ1) is 29.6. The van der Waals surface area contributed by atoms with E-state index in [9.17, 15) is 19.2 Å². The van der Waals surface area contributed by atoms with Gasteiger partial charge in [0.1, 0.15) is 11.4 Å². The first-order valence-corrected chi connectivity index (χ1v) is 13.9. The maximum absolute atomic E-state index is 13.8. The zero-order valence-electron chi connectivity index (χ0n) is 24.7. The van der Waals surface area contributed by atoms with Crippen LogP contribution in [-0.2, 0) is 26.2 Å².